The molecule has 2 rings (SSSR count). The maximum atomic E-state index is 11.5. The van der Waals surface area contributed by atoms with Crippen LogP contribution in [0.15, 0.2) is 33.5 Å². The van der Waals surface area contributed by atoms with Gasteiger partial charge in [-0.2, -0.15) is 0 Å². The summed E-state index contributed by atoms with van der Waals surface area (Å²) in [7, 11) is 1.52. The zero-order chi connectivity index (χ0) is 14.7. The van der Waals surface area contributed by atoms with E-state index in [1.165, 1.54) is 13.2 Å². The third-order valence-electron chi connectivity index (χ3n) is 3.08. The van der Waals surface area contributed by atoms with E-state index in [2.05, 4.69) is 0 Å². The molecule has 0 aliphatic heterocycles. The predicted molar refractivity (Wildman–Crippen MR) is 73.0 cm³/mol. The number of carboxylic acids is 1. The minimum Gasteiger partial charge on any atom is -0.497 e. The highest BCUT2D eigenvalue weighted by Crippen LogP contribution is 2.23. The molecule has 3 N–H and O–H groups in total. The molecule has 0 amide bonds. The van der Waals surface area contributed by atoms with Crippen LogP contribution in [0, 0.1) is 0 Å². The van der Waals surface area contributed by atoms with Crippen molar-refractivity contribution < 1.29 is 19.1 Å². The van der Waals surface area contributed by atoms with Crippen LogP contribution in [0.4, 0.5) is 0 Å². The van der Waals surface area contributed by atoms with Crippen molar-refractivity contribution in [1.29, 1.82) is 0 Å². The van der Waals surface area contributed by atoms with Gasteiger partial charge in [0.05, 0.1) is 7.11 Å². The highest BCUT2D eigenvalue weighted by Gasteiger charge is 2.13. The third kappa shape index (κ3) is 2.97. The fourth-order valence-electron chi connectivity index (χ4n) is 1.98. The van der Waals surface area contributed by atoms with Crippen molar-refractivity contribution in [1.82, 2.24) is 0 Å². The molecule has 1 aromatic heterocycles. The molecular formula is C14H15NO5. The summed E-state index contributed by atoms with van der Waals surface area (Å²) in [6.07, 6.45) is 0.641. The number of aryl methyl sites for hydroxylation is 1. The van der Waals surface area contributed by atoms with Crippen LogP contribution < -0.4 is 16.1 Å². The monoisotopic (exact) mass is 277 g/mol. The Bertz CT molecular complexity index is 692. The molecule has 0 aliphatic carbocycles. The van der Waals surface area contributed by atoms with Crippen LogP contribution in [0.3, 0.4) is 0 Å². The van der Waals surface area contributed by atoms with Gasteiger partial charge in [-0.1, -0.05) is 0 Å². The van der Waals surface area contributed by atoms with Crippen LogP contribution in [-0.4, -0.2) is 24.2 Å². The number of carbonyl (C=O) groups is 1. The Balaban J connectivity index is 2.37. The molecule has 0 unspecified atom stereocenters. The van der Waals surface area contributed by atoms with E-state index in [9.17, 15) is 9.59 Å². The number of fused-ring (bicyclic) bond motifs is 1. The number of hydrogen-bond donors (Lipinski definition) is 2. The minimum atomic E-state index is -1.06. The smallest absolute Gasteiger partial charge is 0.336 e. The van der Waals surface area contributed by atoms with Crippen molar-refractivity contribution in [3.8, 4) is 5.75 Å². The van der Waals surface area contributed by atoms with Crippen molar-refractivity contribution >= 4 is 16.9 Å². The molecule has 0 aliphatic rings. The maximum Gasteiger partial charge on any atom is 0.336 e. The van der Waals surface area contributed by atoms with Gasteiger partial charge in [0.15, 0.2) is 0 Å². The highest BCUT2D eigenvalue weighted by atomic mass is 16.5. The molecule has 0 saturated heterocycles. The van der Waals surface area contributed by atoms with E-state index in [4.69, 9.17) is 20.0 Å². The van der Waals surface area contributed by atoms with E-state index < -0.39 is 17.6 Å². The quantitative estimate of drug-likeness (QED) is 0.794. The van der Waals surface area contributed by atoms with E-state index in [-0.39, 0.29) is 6.42 Å². The Hall–Kier alpha value is -2.34. The summed E-state index contributed by atoms with van der Waals surface area (Å²) in [4.78, 5) is 22.2. The predicted octanol–water partition coefficient (Wildman–Crippen LogP) is 1.15. The van der Waals surface area contributed by atoms with Gasteiger partial charge in [-0.05, 0) is 30.5 Å². The van der Waals surface area contributed by atoms with Gasteiger partial charge in [0.1, 0.15) is 17.4 Å². The zero-order valence-corrected chi connectivity index (χ0v) is 11.0. The first-order chi connectivity index (χ1) is 9.51. The summed E-state index contributed by atoms with van der Waals surface area (Å²) < 4.78 is 10.2. The fourth-order valence-corrected chi connectivity index (χ4v) is 1.98. The molecule has 2 aromatic rings. The first kappa shape index (κ1) is 14.1. The van der Waals surface area contributed by atoms with Crippen LogP contribution in [0.25, 0.3) is 11.0 Å². The molecular weight excluding hydrogens is 262 g/mol. The SMILES string of the molecule is COc1ccc2c(CC[C@H](N)C(=O)O)cc(=O)oc2c1. The zero-order valence-electron chi connectivity index (χ0n) is 11.0. The Morgan fingerprint density at radius 2 is 2.20 bits per heavy atom. The van der Waals surface area contributed by atoms with E-state index >= 15 is 0 Å². The summed E-state index contributed by atoms with van der Waals surface area (Å²) >= 11 is 0. The minimum absolute atomic E-state index is 0.250. The topological polar surface area (TPSA) is 103 Å². The van der Waals surface area contributed by atoms with Gasteiger partial charge in [-0.15, -0.1) is 0 Å². The number of aliphatic carboxylic acids is 1. The van der Waals surface area contributed by atoms with Crippen molar-refractivity contribution in [3.05, 3.63) is 40.2 Å². The molecule has 0 saturated carbocycles. The largest absolute Gasteiger partial charge is 0.497 e. The summed E-state index contributed by atoms with van der Waals surface area (Å²) in [5, 5.41) is 9.53. The lowest BCUT2D eigenvalue weighted by Crippen LogP contribution is -2.30. The Kier molecular flexibility index (Phi) is 4.05. The van der Waals surface area contributed by atoms with E-state index in [0.29, 0.717) is 17.8 Å². The maximum absolute atomic E-state index is 11.5. The fraction of sp³-hybridized carbons (Fsp3) is 0.286. The summed E-state index contributed by atoms with van der Waals surface area (Å²) in [6, 6.07) is 5.57. The van der Waals surface area contributed by atoms with Crippen LogP contribution in [0.1, 0.15) is 12.0 Å². The molecule has 1 atom stereocenters. The van der Waals surface area contributed by atoms with Crippen LogP contribution in [0.5, 0.6) is 5.75 Å². The van der Waals surface area contributed by atoms with Crippen molar-refractivity contribution in [2.24, 2.45) is 5.73 Å². The van der Waals surface area contributed by atoms with Gasteiger partial charge >= 0.3 is 11.6 Å². The van der Waals surface area contributed by atoms with Crippen LogP contribution in [0.2, 0.25) is 0 Å². The molecule has 20 heavy (non-hydrogen) atoms. The number of hydrogen-bond acceptors (Lipinski definition) is 5. The first-order valence-corrected chi connectivity index (χ1v) is 6.10. The molecule has 0 bridgehead atoms. The molecule has 106 valence electrons. The lowest BCUT2D eigenvalue weighted by molar-refractivity contribution is -0.138. The second kappa shape index (κ2) is 5.75. The average Bonchev–Trinajstić information content (AvgIpc) is 2.43. The molecule has 6 nitrogen and oxygen atoms in total. The summed E-state index contributed by atoms with van der Waals surface area (Å²) in [5.74, 6) is -0.473. The molecule has 1 aromatic carbocycles. The molecule has 0 spiro atoms. The number of rotatable bonds is 5. The number of methoxy groups -OCH3 is 1. The van der Waals surface area contributed by atoms with Gasteiger partial charge in [-0.25, -0.2) is 4.79 Å². The lowest BCUT2D eigenvalue weighted by atomic mass is 10.0. The Morgan fingerprint density at radius 3 is 2.85 bits per heavy atom. The molecule has 6 heteroatoms. The normalized spacial score (nSPS) is 12.3. The number of carboxylic acid groups (broad SMARTS) is 1. The van der Waals surface area contributed by atoms with Crippen molar-refractivity contribution in [2.75, 3.05) is 7.11 Å². The number of benzene rings is 1. The second-order valence-corrected chi connectivity index (χ2v) is 4.44. The molecule has 0 radical (unpaired) electrons. The van der Waals surface area contributed by atoms with E-state index in [1.54, 1.807) is 18.2 Å². The van der Waals surface area contributed by atoms with Gasteiger partial charge in [0, 0.05) is 17.5 Å². The Morgan fingerprint density at radius 1 is 1.45 bits per heavy atom. The summed E-state index contributed by atoms with van der Waals surface area (Å²) in [6.45, 7) is 0. The van der Waals surface area contributed by atoms with E-state index in [0.717, 1.165) is 10.9 Å². The highest BCUT2D eigenvalue weighted by molar-refractivity contribution is 5.81. The molecule has 0 fully saturated rings. The summed E-state index contributed by atoms with van der Waals surface area (Å²) in [5.41, 5.74) is 6.12. The average molecular weight is 277 g/mol. The number of nitrogens with two attached hydrogens (primary N) is 1. The van der Waals surface area contributed by atoms with Gasteiger partial charge < -0.3 is 20.0 Å². The second-order valence-electron chi connectivity index (χ2n) is 4.44. The van der Waals surface area contributed by atoms with Gasteiger partial charge in [0.2, 0.25) is 0 Å². The van der Waals surface area contributed by atoms with Crippen molar-refractivity contribution in [2.45, 2.75) is 18.9 Å². The number of ether oxygens (including phenoxy) is 1. The first-order valence-electron chi connectivity index (χ1n) is 6.10. The van der Waals surface area contributed by atoms with Crippen LogP contribution >= 0.6 is 0 Å². The Labute approximate surface area is 114 Å². The van der Waals surface area contributed by atoms with Gasteiger partial charge in [-0.3, -0.25) is 4.79 Å². The van der Waals surface area contributed by atoms with Gasteiger partial charge in [0.25, 0.3) is 0 Å². The molecule has 1 heterocycles. The lowest BCUT2D eigenvalue weighted by Gasteiger charge is -2.09. The van der Waals surface area contributed by atoms with Crippen LogP contribution in [-0.2, 0) is 11.2 Å². The standard InChI is InChI=1S/C14H15NO5/c1-19-9-3-4-10-8(2-5-11(15)14(17)18)6-13(16)20-12(10)7-9/h3-4,6-7,11H,2,5,15H2,1H3,(H,17,18)/t11-/m0/s1. The van der Waals surface area contributed by atoms with E-state index in [1.807, 2.05) is 0 Å². The van der Waals surface area contributed by atoms with Crippen molar-refractivity contribution in [3.63, 3.8) is 0 Å². The third-order valence-corrected chi connectivity index (χ3v) is 3.08.